The van der Waals surface area contributed by atoms with E-state index in [4.69, 9.17) is 4.74 Å². The minimum absolute atomic E-state index is 0.169. The monoisotopic (exact) mass is 434 g/mol. The molecule has 0 aliphatic carbocycles. The summed E-state index contributed by atoms with van der Waals surface area (Å²) in [6, 6.07) is 17.6. The van der Waals surface area contributed by atoms with Crippen LogP contribution in [0.2, 0.25) is 0 Å². The SMILES string of the molecule is CCCC(CC)(C(=O)OCC)c1ccc2c(c1)sc1nc(=O)cc(-c3ccccc3)n12. The maximum Gasteiger partial charge on any atom is 0.316 e. The lowest BCUT2D eigenvalue weighted by Gasteiger charge is -2.30. The average Bonchev–Trinajstić information content (AvgIpc) is 3.15. The molecule has 1 atom stereocenters. The van der Waals surface area contributed by atoms with Crippen molar-refractivity contribution in [3.63, 3.8) is 0 Å². The van der Waals surface area contributed by atoms with Gasteiger partial charge in [0.1, 0.15) is 0 Å². The van der Waals surface area contributed by atoms with Gasteiger partial charge >= 0.3 is 5.97 Å². The molecule has 0 fully saturated rings. The van der Waals surface area contributed by atoms with Crippen molar-refractivity contribution in [2.45, 2.75) is 45.4 Å². The first-order chi connectivity index (χ1) is 15.0. The molecule has 5 nitrogen and oxygen atoms in total. The topological polar surface area (TPSA) is 60.7 Å². The molecule has 0 N–H and O–H groups in total. The normalized spacial score (nSPS) is 13.4. The maximum atomic E-state index is 13.0. The minimum Gasteiger partial charge on any atom is -0.465 e. The van der Waals surface area contributed by atoms with Crippen LogP contribution in [0.25, 0.3) is 26.4 Å². The second-order valence-electron chi connectivity index (χ2n) is 7.65. The molecule has 0 saturated heterocycles. The molecule has 4 aromatic rings. The molecule has 0 aliphatic heterocycles. The van der Waals surface area contributed by atoms with Crippen molar-refractivity contribution < 1.29 is 9.53 Å². The number of thiazole rings is 1. The molecule has 0 aliphatic rings. The van der Waals surface area contributed by atoms with E-state index in [0.29, 0.717) is 18.0 Å². The van der Waals surface area contributed by atoms with Gasteiger partial charge in [0.15, 0.2) is 4.96 Å². The third kappa shape index (κ3) is 3.65. The Bertz CT molecular complexity index is 1290. The second-order valence-corrected chi connectivity index (χ2v) is 8.66. The highest BCUT2D eigenvalue weighted by atomic mass is 32.1. The van der Waals surface area contributed by atoms with Gasteiger partial charge in [-0.25, -0.2) is 0 Å². The van der Waals surface area contributed by atoms with Crippen LogP contribution in [-0.2, 0) is 14.9 Å². The standard InChI is InChI=1S/C25H26N2O3S/c1-4-14-25(5-2,23(29)30-6-3)18-12-13-19-21(15-18)31-24-26-22(28)16-20(27(19)24)17-10-8-7-9-11-17/h7-13,15-16H,4-6,14H2,1-3H3. The van der Waals surface area contributed by atoms with Gasteiger partial charge in [-0.15, -0.1) is 0 Å². The number of hydrogen-bond acceptors (Lipinski definition) is 5. The fourth-order valence-electron chi connectivity index (χ4n) is 4.35. The van der Waals surface area contributed by atoms with Crippen molar-refractivity contribution in [2.75, 3.05) is 6.61 Å². The molecule has 160 valence electrons. The third-order valence-corrected chi connectivity index (χ3v) is 6.87. The molecule has 31 heavy (non-hydrogen) atoms. The highest BCUT2D eigenvalue weighted by Crippen LogP contribution is 2.38. The van der Waals surface area contributed by atoms with E-state index in [9.17, 15) is 9.59 Å². The van der Waals surface area contributed by atoms with E-state index in [-0.39, 0.29) is 11.5 Å². The van der Waals surface area contributed by atoms with Crippen molar-refractivity contribution in [3.05, 3.63) is 70.5 Å². The van der Waals surface area contributed by atoms with Crippen molar-refractivity contribution in [1.29, 1.82) is 0 Å². The highest BCUT2D eigenvalue weighted by Gasteiger charge is 2.39. The molecule has 2 heterocycles. The number of hydrogen-bond donors (Lipinski definition) is 0. The van der Waals surface area contributed by atoms with Crippen LogP contribution in [0.4, 0.5) is 0 Å². The number of fused-ring (bicyclic) bond motifs is 3. The summed E-state index contributed by atoms with van der Waals surface area (Å²) >= 11 is 1.47. The number of carbonyl (C=O) groups is 1. The lowest BCUT2D eigenvalue weighted by atomic mass is 9.74. The predicted octanol–water partition coefficient (Wildman–Crippen LogP) is 5.59. The summed E-state index contributed by atoms with van der Waals surface area (Å²) in [5.41, 5.74) is 2.78. The Kier molecular flexibility index (Phi) is 5.92. The van der Waals surface area contributed by atoms with E-state index in [0.717, 1.165) is 39.9 Å². The largest absolute Gasteiger partial charge is 0.465 e. The second kappa shape index (κ2) is 8.63. The third-order valence-electron chi connectivity index (χ3n) is 5.87. The molecule has 4 rings (SSSR count). The Balaban J connectivity index is 1.96. The number of benzene rings is 2. The highest BCUT2D eigenvalue weighted by molar-refractivity contribution is 7.23. The molecule has 2 aromatic carbocycles. The summed E-state index contributed by atoms with van der Waals surface area (Å²) in [5, 5.41) is 0. The van der Waals surface area contributed by atoms with Crippen molar-refractivity contribution in [3.8, 4) is 11.3 Å². The molecule has 0 spiro atoms. The Morgan fingerprint density at radius 2 is 1.87 bits per heavy atom. The van der Waals surface area contributed by atoms with Crippen LogP contribution < -0.4 is 5.56 Å². The van der Waals surface area contributed by atoms with Gasteiger partial charge < -0.3 is 4.74 Å². The molecular formula is C25H26N2O3S. The van der Waals surface area contributed by atoms with Crippen molar-refractivity contribution in [2.24, 2.45) is 0 Å². The van der Waals surface area contributed by atoms with E-state index in [1.807, 2.05) is 60.7 Å². The zero-order chi connectivity index (χ0) is 22.0. The maximum absolute atomic E-state index is 13.0. The van der Waals surface area contributed by atoms with Crippen LogP contribution in [0.5, 0.6) is 0 Å². The van der Waals surface area contributed by atoms with Gasteiger partial charge in [0.05, 0.1) is 27.9 Å². The van der Waals surface area contributed by atoms with E-state index >= 15 is 0 Å². The number of nitrogens with zero attached hydrogens (tertiary/aromatic N) is 2. The summed E-state index contributed by atoms with van der Waals surface area (Å²) in [5.74, 6) is -0.169. The van der Waals surface area contributed by atoms with Crippen LogP contribution >= 0.6 is 11.3 Å². The van der Waals surface area contributed by atoms with Gasteiger partial charge in [-0.3, -0.25) is 14.0 Å². The summed E-state index contributed by atoms with van der Waals surface area (Å²) in [7, 11) is 0. The van der Waals surface area contributed by atoms with Crippen molar-refractivity contribution >= 4 is 32.5 Å². The lowest BCUT2D eigenvalue weighted by molar-refractivity contribution is -0.150. The van der Waals surface area contributed by atoms with Crippen LogP contribution in [-0.4, -0.2) is 22.0 Å². The summed E-state index contributed by atoms with van der Waals surface area (Å²) in [6.07, 6.45) is 2.27. The van der Waals surface area contributed by atoms with Crippen LogP contribution in [0.1, 0.15) is 45.6 Å². The first-order valence-corrected chi connectivity index (χ1v) is 11.5. The minimum atomic E-state index is -0.667. The Morgan fingerprint density at radius 3 is 2.55 bits per heavy atom. The predicted molar refractivity (Wildman–Crippen MR) is 126 cm³/mol. The first-order valence-electron chi connectivity index (χ1n) is 10.7. The molecule has 1 unspecified atom stereocenters. The molecule has 6 heteroatoms. The molecular weight excluding hydrogens is 408 g/mol. The van der Waals surface area contributed by atoms with Gasteiger partial charge in [-0.2, -0.15) is 4.98 Å². The molecule has 0 radical (unpaired) electrons. The summed E-state index contributed by atoms with van der Waals surface area (Å²) in [4.78, 5) is 30.2. The van der Waals surface area contributed by atoms with E-state index in [2.05, 4.69) is 18.0 Å². The molecule has 2 aromatic heterocycles. The lowest BCUT2D eigenvalue weighted by Crippen LogP contribution is -2.37. The fraction of sp³-hybridized carbons (Fsp3) is 0.320. The molecule has 0 amide bonds. The zero-order valence-corrected chi connectivity index (χ0v) is 18.9. The number of carbonyl (C=O) groups excluding carboxylic acids is 1. The van der Waals surface area contributed by atoms with E-state index in [1.165, 1.54) is 11.3 Å². The quantitative estimate of drug-likeness (QED) is 0.356. The number of aromatic nitrogens is 2. The Labute approximate surface area is 185 Å². The van der Waals surface area contributed by atoms with E-state index in [1.54, 1.807) is 6.07 Å². The van der Waals surface area contributed by atoms with Crippen LogP contribution in [0.3, 0.4) is 0 Å². The number of ether oxygens (including phenoxy) is 1. The van der Waals surface area contributed by atoms with Gasteiger partial charge in [0.25, 0.3) is 5.56 Å². The molecule has 0 bridgehead atoms. The van der Waals surface area contributed by atoms with Crippen LogP contribution in [0, 0.1) is 0 Å². The van der Waals surface area contributed by atoms with E-state index < -0.39 is 5.41 Å². The smallest absolute Gasteiger partial charge is 0.316 e. The Morgan fingerprint density at radius 1 is 1.10 bits per heavy atom. The van der Waals surface area contributed by atoms with Gasteiger partial charge in [0, 0.05) is 6.07 Å². The fourth-order valence-corrected chi connectivity index (χ4v) is 5.42. The van der Waals surface area contributed by atoms with Gasteiger partial charge in [0.2, 0.25) is 0 Å². The number of rotatable bonds is 7. The van der Waals surface area contributed by atoms with Gasteiger partial charge in [-0.05, 0) is 43.0 Å². The number of esters is 1. The molecule has 0 saturated carbocycles. The summed E-state index contributed by atoms with van der Waals surface area (Å²) < 4.78 is 8.49. The summed E-state index contributed by atoms with van der Waals surface area (Å²) in [6.45, 7) is 6.33. The zero-order valence-electron chi connectivity index (χ0n) is 18.1. The van der Waals surface area contributed by atoms with Gasteiger partial charge in [-0.1, -0.05) is 68.0 Å². The van der Waals surface area contributed by atoms with Crippen molar-refractivity contribution in [1.82, 2.24) is 9.38 Å². The average molecular weight is 435 g/mol. The first kappa shape index (κ1) is 21.2. The Hall–Kier alpha value is -2.99. The van der Waals surface area contributed by atoms with Crippen LogP contribution in [0.15, 0.2) is 59.4 Å².